The lowest BCUT2D eigenvalue weighted by Crippen LogP contribution is -2.68. The minimum absolute atomic E-state index is 0.00598. The van der Waals surface area contributed by atoms with Crippen LogP contribution in [0.25, 0.3) is 0 Å². The maximum Gasteiger partial charge on any atom is 0.308 e. The largest absolute Gasteiger partial charge is 0.504 e. The van der Waals surface area contributed by atoms with Crippen LogP contribution in [-0.4, -0.2) is 72.5 Å². The number of phenolic OH excluding ortho intramolecular Hbond substituents is 1. The van der Waals surface area contributed by atoms with E-state index in [1.165, 1.54) is 14.0 Å². The molecule has 6 rings (SSSR count). The lowest BCUT2D eigenvalue weighted by molar-refractivity contribution is -0.149. The molecule has 5 atom stereocenters. The molecule has 1 fully saturated rings. The van der Waals surface area contributed by atoms with Crippen molar-refractivity contribution in [3.05, 3.63) is 39.4 Å². The van der Waals surface area contributed by atoms with Crippen LogP contribution in [0.1, 0.15) is 72.2 Å². The molecule has 11 nitrogen and oxygen atoms in total. The predicted molar refractivity (Wildman–Crippen MR) is 153 cm³/mol. The third-order valence-corrected chi connectivity index (χ3v) is 9.37. The Labute approximate surface area is 250 Å². The van der Waals surface area contributed by atoms with Crippen LogP contribution < -0.4 is 18.9 Å². The number of likely N-dealkylation sites (N-methyl/N-ethyl adjacent to an activating group) is 1. The first-order chi connectivity index (χ1) is 20.6. The van der Waals surface area contributed by atoms with Gasteiger partial charge >= 0.3 is 11.9 Å². The summed E-state index contributed by atoms with van der Waals surface area (Å²) in [4.78, 5) is 29.3. The molecule has 4 aliphatic rings. The zero-order valence-electron chi connectivity index (χ0n) is 25.4. The van der Waals surface area contributed by atoms with E-state index in [-0.39, 0.29) is 49.7 Å². The van der Waals surface area contributed by atoms with Crippen LogP contribution in [0.15, 0.2) is 6.07 Å². The molecule has 0 saturated carbocycles. The lowest BCUT2D eigenvalue weighted by Gasteiger charge is -2.59. The van der Waals surface area contributed by atoms with Crippen molar-refractivity contribution in [2.45, 2.75) is 83.6 Å². The van der Waals surface area contributed by atoms with Gasteiger partial charge in [0.1, 0.15) is 18.4 Å². The summed E-state index contributed by atoms with van der Waals surface area (Å²) in [6.07, 6.45) is 1.83. The van der Waals surface area contributed by atoms with E-state index in [1.807, 2.05) is 33.9 Å². The Balaban J connectivity index is 1.60. The fraction of sp³-hybridized carbons (Fsp3) is 0.531. The second kappa shape index (κ2) is 10.9. The van der Waals surface area contributed by atoms with Gasteiger partial charge in [-0.2, -0.15) is 5.26 Å². The maximum atomic E-state index is 12.7. The topological polar surface area (TPSA) is 131 Å². The molecule has 0 aliphatic carbocycles. The highest BCUT2D eigenvalue weighted by atomic mass is 16.7. The second-order valence-corrected chi connectivity index (χ2v) is 11.8. The van der Waals surface area contributed by atoms with Crippen molar-refractivity contribution in [3.63, 3.8) is 0 Å². The number of esters is 2. The highest BCUT2D eigenvalue weighted by Gasteiger charge is 2.57. The van der Waals surface area contributed by atoms with Gasteiger partial charge in [-0.3, -0.25) is 19.4 Å². The molecule has 2 aromatic rings. The van der Waals surface area contributed by atoms with Crippen LogP contribution in [-0.2, 0) is 27.2 Å². The molecule has 0 aromatic heterocycles. The zero-order valence-corrected chi connectivity index (χ0v) is 25.4. The van der Waals surface area contributed by atoms with Crippen LogP contribution in [0.3, 0.4) is 0 Å². The number of carbonyl (C=O) groups excluding carboxylic acids is 2. The number of hydrogen-bond donors (Lipinski definition) is 1. The van der Waals surface area contributed by atoms with Crippen LogP contribution in [0.5, 0.6) is 28.7 Å². The van der Waals surface area contributed by atoms with E-state index < -0.39 is 18.1 Å². The normalized spacial score (nSPS) is 25.2. The van der Waals surface area contributed by atoms with E-state index >= 15 is 0 Å². The van der Waals surface area contributed by atoms with E-state index in [4.69, 9.17) is 23.7 Å². The van der Waals surface area contributed by atoms with Gasteiger partial charge in [-0.15, -0.1) is 0 Å². The van der Waals surface area contributed by atoms with Crippen LogP contribution in [0, 0.1) is 25.2 Å². The molecule has 2 bridgehead atoms. The van der Waals surface area contributed by atoms with Gasteiger partial charge in [-0.25, -0.2) is 0 Å². The quantitative estimate of drug-likeness (QED) is 0.389. The van der Waals surface area contributed by atoms with Crippen molar-refractivity contribution in [1.82, 2.24) is 9.80 Å². The number of aromatic hydroxyl groups is 1. The van der Waals surface area contributed by atoms with Crippen molar-refractivity contribution in [3.8, 4) is 34.8 Å². The predicted octanol–water partition coefficient (Wildman–Crippen LogP) is 3.79. The van der Waals surface area contributed by atoms with E-state index in [0.29, 0.717) is 53.4 Å². The number of hydrogen-bond acceptors (Lipinski definition) is 11. The Morgan fingerprint density at radius 2 is 1.88 bits per heavy atom. The Bertz CT molecular complexity index is 1550. The maximum absolute atomic E-state index is 12.7. The molecule has 43 heavy (non-hydrogen) atoms. The van der Waals surface area contributed by atoms with Gasteiger partial charge in [0.05, 0.1) is 25.3 Å². The number of ether oxygens (including phenoxy) is 5. The number of nitriles is 1. The number of phenols is 1. The van der Waals surface area contributed by atoms with Crippen molar-refractivity contribution in [2.24, 2.45) is 0 Å². The highest BCUT2D eigenvalue weighted by Crippen LogP contribution is 2.58. The summed E-state index contributed by atoms with van der Waals surface area (Å²) in [6, 6.07) is 2.53. The number of piperazine rings is 1. The third-order valence-electron chi connectivity index (χ3n) is 9.37. The Morgan fingerprint density at radius 1 is 1.14 bits per heavy atom. The molecule has 0 radical (unpaired) electrons. The van der Waals surface area contributed by atoms with Crippen LogP contribution in [0.4, 0.5) is 0 Å². The molecule has 0 spiro atoms. The van der Waals surface area contributed by atoms with Gasteiger partial charge in [0.25, 0.3) is 0 Å². The van der Waals surface area contributed by atoms with Crippen molar-refractivity contribution < 1.29 is 38.4 Å². The number of aryl methyl sites for hydroxylation is 1. The summed E-state index contributed by atoms with van der Waals surface area (Å²) in [7, 11) is 3.52. The molecule has 1 saturated heterocycles. The second-order valence-electron chi connectivity index (χ2n) is 11.8. The average molecular weight is 592 g/mol. The summed E-state index contributed by atoms with van der Waals surface area (Å²) in [5, 5.41) is 22.3. The fourth-order valence-corrected chi connectivity index (χ4v) is 7.72. The minimum Gasteiger partial charge on any atom is -0.504 e. The number of benzene rings is 2. The van der Waals surface area contributed by atoms with Crippen molar-refractivity contribution in [1.29, 1.82) is 5.26 Å². The number of methoxy groups -OCH3 is 1. The molecule has 11 heteroatoms. The van der Waals surface area contributed by atoms with E-state index in [0.717, 1.165) is 22.3 Å². The summed E-state index contributed by atoms with van der Waals surface area (Å²) in [5.74, 6) is 1.07. The van der Waals surface area contributed by atoms with Gasteiger partial charge in [-0.1, -0.05) is 13.0 Å². The van der Waals surface area contributed by atoms with Gasteiger partial charge < -0.3 is 28.8 Å². The summed E-state index contributed by atoms with van der Waals surface area (Å²) in [6.45, 7) is 6.95. The SMILES string of the molecule is CCCC(=O)OC[C@H]1c2c(c(OC(C)=O)c(C)c3c2OCO3)CC2[C@@H]3c4c(cc(C)c(OC)c4O)C[C@H](C(C#N)N21)N3C. The molecule has 1 N–H and O–H groups in total. The summed E-state index contributed by atoms with van der Waals surface area (Å²) < 4.78 is 29.2. The highest BCUT2D eigenvalue weighted by molar-refractivity contribution is 5.74. The first-order valence-electron chi connectivity index (χ1n) is 14.7. The molecule has 4 aliphatic heterocycles. The molecule has 4 heterocycles. The van der Waals surface area contributed by atoms with Gasteiger partial charge in [0, 0.05) is 47.7 Å². The van der Waals surface area contributed by atoms with E-state index in [1.54, 1.807) is 0 Å². The van der Waals surface area contributed by atoms with E-state index in [2.05, 4.69) is 15.9 Å². The molecule has 0 amide bonds. The molecule has 2 aromatic carbocycles. The van der Waals surface area contributed by atoms with Crippen molar-refractivity contribution in [2.75, 3.05) is 27.6 Å². The first-order valence-corrected chi connectivity index (χ1v) is 14.7. The molecule has 2 unspecified atom stereocenters. The van der Waals surface area contributed by atoms with Crippen LogP contribution >= 0.6 is 0 Å². The average Bonchev–Trinajstić information content (AvgIpc) is 3.45. The van der Waals surface area contributed by atoms with Gasteiger partial charge in [-0.05, 0) is 51.3 Å². The number of fused-ring (bicyclic) bond motifs is 9. The Hall–Kier alpha value is -4.01. The Kier molecular flexibility index (Phi) is 7.39. The Morgan fingerprint density at radius 3 is 2.56 bits per heavy atom. The standard InChI is InChI=1S/C32H37N3O8/c1-7-8-24(37)40-13-23-26-19(30(43-17(4)36)16(3)31-32(26)42-14-41-31)11-21-27-25-18(9-15(2)29(39-6)28(25)38)10-20(34(27)5)22(12-33)35(21)23/h9,20-23,27,38H,7-8,10-11,13-14H2,1-6H3/t20-,21?,22?,23+,27-/m1/s1. The van der Waals surface area contributed by atoms with Gasteiger partial charge in [0.2, 0.25) is 6.79 Å². The molecular formula is C32H37N3O8. The van der Waals surface area contributed by atoms with Crippen molar-refractivity contribution >= 4 is 11.9 Å². The fourth-order valence-electron chi connectivity index (χ4n) is 7.72. The number of nitrogens with zero attached hydrogens (tertiary/aromatic N) is 3. The minimum atomic E-state index is -0.598. The monoisotopic (exact) mass is 591 g/mol. The summed E-state index contributed by atoms with van der Waals surface area (Å²) in [5.41, 5.74) is 4.63. The van der Waals surface area contributed by atoms with E-state index in [9.17, 15) is 20.0 Å². The molecular weight excluding hydrogens is 554 g/mol. The first kappa shape index (κ1) is 29.1. The summed E-state index contributed by atoms with van der Waals surface area (Å²) >= 11 is 0. The third kappa shape index (κ3) is 4.38. The molecule has 228 valence electrons. The van der Waals surface area contributed by atoms with Crippen LogP contribution in [0.2, 0.25) is 0 Å². The smallest absolute Gasteiger partial charge is 0.308 e. The lowest BCUT2D eigenvalue weighted by atomic mass is 9.71. The zero-order chi connectivity index (χ0) is 30.7. The number of rotatable bonds is 6. The van der Waals surface area contributed by atoms with Gasteiger partial charge in [0.15, 0.2) is 23.0 Å². The number of carbonyl (C=O) groups is 2.